The summed E-state index contributed by atoms with van der Waals surface area (Å²) in [5.41, 5.74) is 1.30. The summed E-state index contributed by atoms with van der Waals surface area (Å²) in [4.78, 5) is 17.2. The van der Waals surface area contributed by atoms with Crippen molar-refractivity contribution in [3.05, 3.63) is 76.4 Å². The molecule has 0 aromatic heterocycles. The van der Waals surface area contributed by atoms with Crippen molar-refractivity contribution in [2.45, 2.75) is 11.3 Å². The number of nitrogens with one attached hydrogen (secondary N) is 1. The average molecular weight is 386 g/mol. The van der Waals surface area contributed by atoms with Gasteiger partial charge in [-0.1, -0.05) is 12.2 Å². The Morgan fingerprint density at radius 2 is 1.78 bits per heavy atom. The van der Waals surface area contributed by atoms with Crippen molar-refractivity contribution in [2.75, 3.05) is 13.1 Å². The topological polar surface area (TPSA) is 105 Å². The van der Waals surface area contributed by atoms with E-state index in [1.807, 2.05) is 12.2 Å². The van der Waals surface area contributed by atoms with Crippen LogP contribution in [0.3, 0.4) is 0 Å². The van der Waals surface area contributed by atoms with E-state index in [4.69, 9.17) is 0 Å². The van der Waals surface area contributed by atoms with Gasteiger partial charge in [0.25, 0.3) is 15.7 Å². The van der Waals surface area contributed by atoms with E-state index in [-0.39, 0.29) is 10.6 Å². The monoisotopic (exact) mass is 386 g/mol. The van der Waals surface area contributed by atoms with Crippen LogP contribution in [0, 0.1) is 10.1 Å². The van der Waals surface area contributed by atoms with Gasteiger partial charge in [-0.25, -0.2) is 13.4 Å². The standard InChI is InChI=1S/C18H18N4O4S/c23-22(24)17-8-4-15(5-9-17)14-19-16-6-10-18(11-7-16)27(25,26)20-21-12-2-1-3-13-21/h1-2,4-11,14,20H,3,12-13H2. The predicted molar refractivity (Wildman–Crippen MR) is 102 cm³/mol. The van der Waals surface area contributed by atoms with Crippen molar-refractivity contribution in [3.8, 4) is 0 Å². The lowest BCUT2D eigenvalue weighted by atomic mass is 10.2. The van der Waals surface area contributed by atoms with Crippen LogP contribution in [0.15, 0.2) is 70.6 Å². The summed E-state index contributed by atoms with van der Waals surface area (Å²) in [5.74, 6) is 0. The number of nitro benzene ring substituents is 1. The summed E-state index contributed by atoms with van der Waals surface area (Å²) in [6, 6.07) is 12.2. The fraction of sp³-hybridized carbons (Fsp3) is 0.167. The van der Waals surface area contributed by atoms with E-state index < -0.39 is 14.9 Å². The lowest BCUT2D eigenvalue weighted by Crippen LogP contribution is -2.43. The second kappa shape index (κ2) is 8.21. The van der Waals surface area contributed by atoms with E-state index in [0.29, 0.717) is 24.3 Å². The molecule has 8 nitrogen and oxygen atoms in total. The first kappa shape index (κ1) is 18.9. The molecule has 1 aliphatic heterocycles. The molecule has 0 saturated carbocycles. The van der Waals surface area contributed by atoms with Crippen molar-refractivity contribution in [2.24, 2.45) is 4.99 Å². The van der Waals surface area contributed by atoms with Crippen LogP contribution in [-0.2, 0) is 10.0 Å². The molecule has 2 aromatic carbocycles. The van der Waals surface area contributed by atoms with Gasteiger partial charge >= 0.3 is 0 Å². The third kappa shape index (κ3) is 5.07. The lowest BCUT2D eigenvalue weighted by Gasteiger charge is -2.23. The number of hydrogen-bond donors (Lipinski definition) is 1. The largest absolute Gasteiger partial charge is 0.269 e. The van der Waals surface area contributed by atoms with Gasteiger partial charge in [0.1, 0.15) is 0 Å². The Hall–Kier alpha value is -2.88. The normalized spacial score (nSPS) is 15.3. The predicted octanol–water partition coefficient (Wildman–Crippen LogP) is 2.80. The van der Waals surface area contributed by atoms with Gasteiger partial charge in [0.05, 0.1) is 15.5 Å². The Balaban J connectivity index is 1.67. The van der Waals surface area contributed by atoms with Gasteiger partial charge in [-0.05, 0) is 48.4 Å². The Labute approximate surface area is 157 Å². The van der Waals surface area contributed by atoms with Crippen molar-refractivity contribution in [3.63, 3.8) is 0 Å². The van der Waals surface area contributed by atoms with E-state index in [9.17, 15) is 18.5 Å². The molecule has 0 radical (unpaired) electrons. The van der Waals surface area contributed by atoms with Crippen LogP contribution in [-0.4, -0.2) is 37.7 Å². The minimum atomic E-state index is -3.63. The molecule has 27 heavy (non-hydrogen) atoms. The maximum absolute atomic E-state index is 12.4. The minimum absolute atomic E-state index is 0.0124. The zero-order chi connectivity index (χ0) is 19.3. The smallest absolute Gasteiger partial charge is 0.258 e. The Kier molecular flexibility index (Phi) is 5.75. The SMILES string of the molecule is O=[N+]([O-])c1ccc(C=Nc2ccc(S(=O)(=O)NN3CC=CCC3)cc2)cc1. The highest BCUT2D eigenvalue weighted by Crippen LogP contribution is 2.18. The van der Waals surface area contributed by atoms with Gasteiger partial charge in [0.15, 0.2) is 0 Å². The molecular formula is C18H18N4O4S. The Morgan fingerprint density at radius 3 is 2.37 bits per heavy atom. The second-order valence-electron chi connectivity index (χ2n) is 5.90. The molecule has 0 saturated heterocycles. The number of sulfonamides is 1. The summed E-state index contributed by atoms with van der Waals surface area (Å²) >= 11 is 0. The van der Waals surface area contributed by atoms with Crippen molar-refractivity contribution in [1.82, 2.24) is 9.84 Å². The third-order valence-corrected chi connectivity index (χ3v) is 5.31. The molecule has 0 bridgehead atoms. The first-order valence-electron chi connectivity index (χ1n) is 8.25. The molecule has 1 N–H and O–H groups in total. The summed E-state index contributed by atoms with van der Waals surface area (Å²) < 4.78 is 24.8. The third-order valence-electron chi connectivity index (χ3n) is 3.92. The molecule has 1 aliphatic rings. The van der Waals surface area contributed by atoms with Gasteiger partial charge in [-0.2, -0.15) is 0 Å². The number of benzene rings is 2. The molecule has 0 atom stereocenters. The van der Waals surface area contributed by atoms with Crippen molar-refractivity contribution >= 4 is 27.6 Å². The lowest BCUT2D eigenvalue weighted by molar-refractivity contribution is -0.384. The highest BCUT2D eigenvalue weighted by Gasteiger charge is 2.18. The number of hydrazine groups is 1. The molecule has 140 valence electrons. The number of rotatable bonds is 6. The summed E-state index contributed by atoms with van der Waals surface area (Å²) in [5, 5.41) is 12.3. The molecule has 0 aliphatic carbocycles. The van der Waals surface area contributed by atoms with Crippen LogP contribution >= 0.6 is 0 Å². The fourth-order valence-electron chi connectivity index (χ4n) is 2.49. The molecular weight excluding hydrogens is 368 g/mol. The number of aliphatic imine (C=N–C) groups is 1. The van der Waals surface area contributed by atoms with E-state index in [1.54, 1.807) is 35.5 Å². The van der Waals surface area contributed by atoms with E-state index in [0.717, 1.165) is 6.42 Å². The average Bonchev–Trinajstić information content (AvgIpc) is 2.67. The van der Waals surface area contributed by atoms with E-state index in [2.05, 4.69) is 9.82 Å². The molecule has 0 amide bonds. The molecule has 0 fully saturated rings. The molecule has 3 rings (SSSR count). The van der Waals surface area contributed by atoms with Gasteiger partial charge in [-0.15, -0.1) is 4.83 Å². The molecule has 2 aromatic rings. The fourth-order valence-corrected chi connectivity index (χ4v) is 3.59. The zero-order valence-electron chi connectivity index (χ0n) is 14.4. The first-order valence-corrected chi connectivity index (χ1v) is 9.73. The van der Waals surface area contributed by atoms with Crippen LogP contribution in [0.5, 0.6) is 0 Å². The summed E-state index contributed by atoms with van der Waals surface area (Å²) in [6.45, 7) is 1.17. The van der Waals surface area contributed by atoms with Gasteiger partial charge in [0.2, 0.25) is 0 Å². The van der Waals surface area contributed by atoms with Crippen molar-refractivity contribution < 1.29 is 13.3 Å². The number of nitro groups is 1. The maximum Gasteiger partial charge on any atom is 0.269 e. The molecule has 0 unspecified atom stereocenters. The quantitative estimate of drug-likeness (QED) is 0.356. The molecule has 1 heterocycles. The van der Waals surface area contributed by atoms with Crippen LogP contribution in [0.2, 0.25) is 0 Å². The number of non-ortho nitro benzene ring substituents is 1. The Bertz CT molecular complexity index is 967. The Morgan fingerprint density at radius 1 is 1.07 bits per heavy atom. The zero-order valence-corrected chi connectivity index (χ0v) is 15.2. The summed E-state index contributed by atoms with van der Waals surface area (Å²) in [7, 11) is -3.63. The van der Waals surface area contributed by atoms with Gasteiger partial charge in [-0.3, -0.25) is 15.1 Å². The highest BCUT2D eigenvalue weighted by molar-refractivity contribution is 7.89. The second-order valence-corrected chi connectivity index (χ2v) is 7.56. The summed E-state index contributed by atoms with van der Waals surface area (Å²) in [6.07, 6.45) is 6.30. The highest BCUT2D eigenvalue weighted by atomic mass is 32.2. The maximum atomic E-state index is 12.4. The van der Waals surface area contributed by atoms with Gasteiger partial charge < -0.3 is 0 Å². The number of hydrogen-bond acceptors (Lipinski definition) is 6. The molecule has 9 heteroatoms. The number of nitrogens with zero attached hydrogens (tertiary/aromatic N) is 3. The molecule has 0 spiro atoms. The minimum Gasteiger partial charge on any atom is -0.258 e. The van der Waals surface area contributed by atoms with Crippen LogP contribution < -0.4 is 4.83 Å². The van der Waals surface area contributed by atoms with Crippen LogP contribution in [0.25, 0.3) is 0 Å². The van der Waals surface area contributed by atoms with E-state index >= 15 is 0 Å². The van der Waals surface area contributed by atoms with E-state index in [1.165, 1.54) is 24.3 Å². The van der Waals surface area contributed by atoms with Crippen molar-refractivity contribution in [1.29, 1.82) is 0 Å². The first-order chi connectivity index (χ1) is 12.9. The van der Waals surface area contributed by atoms with Crippen LogP contribution in [0.1, 0.15) is 12.0 Å². The van der Waals surface area contributed by atoms with Gasteiger partial charge in [0, 0.05) is 31.4 Å². The van der Waals surface area contributed by atoms with Crippen LogP contribution in [0.4, 0.5) is 11.4 Å².